The zero-order chi connectivity index (χ0) is 10.3. The molecule has 0 aliphatic carbocycles. The highest BCUT2D eigenvalue weighted by Gasteiger charge is 2.28. The summed E-state index contributed by atoms with van der Waals surface area (Å²) < 4.78 is 31.3. The van der Waals surface area contributed by atoms with Gasteiger partial charge in [0, 0.05) is 0 Å². The zero-order valence-corrected chi connectivity index (χ0v) is 8.92. The quantitative estimate of drug-likeness (QED) is 0.533. The Bertz CT molecular complexity index is 373. The van der Waals surface area contributed by atoms with Crippen molar-refractivity contribution < 1.29 is 17.6 Å². The standard InChI is InChI=1S/C7H13N2O3S/c1-6-5-13(10,11)8-7(12-6)9(2,3)4/h5H,1-4H3/q+1. The summed E-state index contributed by atoms with van der Waals surface area (Å²) in [5.41, 5.74) is 0. The van der Waals surface area contributed by atoms with Crippen LogP contribution in [0, 0.1) is 0 Å². The monoisotopic (exact) mass is 205 g/mol. The topological polar surface area (TPSA) is 55.7 Å². The predicted octanol–water partition coefficient (Wildman–Crippen LogP) is 0.270. The van der Waals surface area contributed by atoms with Crippen LogP contribution in [-0.4, -0.2) is 40.1 Å². The maximum atomic E-state index is 11.2. The SMILES string of the molecule is CC1=CS(=O)(=O)N=C([N+](C)(C)C)O1. The molecule has 1 aliphatic heterocycles. The molecule has 0 spiro atoms. The third-order valence-corrected chi connectivity index (χ3v) is 2.39. The van der Waals surface area contributed by atoms with E-state index < -0.39 is 10.0 Å². The normalized spacial score (nSPS) is 21.5. The van der Waals surface area contributed by atoms with Crippen molar-refractivity contribution in [3.05, 3.63) is 11.2 Å². The first-order valence-electron chi connectivity index (χ1n) is 3.74. The molecule has 74 valence electrons. The molecular formula is C7H13N2O3S+. The van der Waals surface area contributed by atoms with E-state index in [1.54, 1.807) is 28.1 Å². The maximum absolute atomic E-state index is 11.2. The van der Waals surface area contributed by atoms with E-state index >= 15 is 0 Å². The summed E-state index contributed by atoms with van der Waals surface area (Å²) in [6, 6.07) is 0.181. The van der Waals surface area contributed by atoms with E-state index in [-0.39, 0.29) is 10.5 Å². The molecule has 0 aromatic heterocycles. The lowest BCUT2D eigenvalue weighted by Gasteiger charge is -2.24. The average molecular weight is 205 g/mol. The number of amidine groups is 1. The third-order valence-electron chi connectivity index (χ3n) is 1.35. The molecule has 0 saturated heterocycles. The molecular weight excluding hydrogens is 192 g/mol. The number of hydrogen-bond acceptors (Lipinski definition) is 3. The van der Waals surface area contributed by atoms with Gasteiger partial charge in [0.2, 0.25) is 0 Å². The molecule has 1 rings (SSSR count). The molecule has 0 N–H and O–H groups in total. The van der Waals surface area contributed by atoms with Crippen LogP contribution >= 0.6 is 0 Å². The molecule has 6 heteroatoms. The predicted molar refractivity (Wildman–Crippen MR) is 49.2 cm³/mol. The van der Waals surface area contributed by atoms with Gasteiger partial charge in [0.25, 0.3) is 10.0 Å². The lowest BCUT2D eigenvalue weighted by Crippen LogP contribution is -2.43. The van der Waals surface area contributed by atoms with Gasteiger partial charge in [-0.3, -0.25) is 0 Å². The van der Waals surface area contributed by atoms with E-state index in [0.717, 1.165) is 5.41 Å². The van der Waals surface area contributed by atoms with Crippen molar-refractivity contribution in [2.75, 3.05) is 21.1 Å². The lowest BCUT2D eigenvalue weighted by molar-refractivity contribution is -0.786. The largest absolute Gasteiger partial charge is 0.414 e. The molecule has 0 atom stereocenters. The highest BCUT2D eigenvalue weighted by atomic mass is 32.2. The molecule has 0 unspecified atom stereocenters. The Labute approximate surface area is 78.0 Å². The Morgan fingerprint density at radius 1 is 1.38 bits per heavy atom. The first-order chi connectivity index (χ1) is 5.71. The van der Waals surface area contributed by atoms with Gasteiger partial charge in [0.15, 0.2) is 0 Å². The van der Waals surface area contributed by atoms with Crippen LogP contribution in [0.4, 0.5) is 0 Å². The van der Waals surface area contributed by atoms with Crippen molar-refractivity contribution in [1.82, 2.24) is 0 Å². The van der Waals surface area contributed by atoms with E-state index in [2.05, 4.69) is 4.40 Å². The Kier molecular flexibility index (Phi) is 2.21. The summed E-state index contributed by atoms with van der Waals surface area (Å²) in [5, 5.41) is 1.01. The second kappa shape index (κ2) is 2.81. The van der Waals surface area contributed by atoms with Crippen LogP contribution in [0.15, 0.2) is 15.6 Å². The fourth-order valence-electron chi connectivity index (χ4n) is 0.791. The van der Waals surface area contributed by atoms with Gasteiger partial charge < -0.3 is 4.74 Å². The maximum Gasteiger partial charge on any atom is 0.414 e. The van der Waals surface area contributed by atoms with Crippen LogP contribution in [0.1, 0.15) is 6.92 Å². The number of hydrogen-bond donors (Lipinski definition) is 0. The molecule has 13 heavy (non-hydrogen) atoms. The van der Waals surface area contributed by atoms with E-state index in [1.165, 1.54) is 0 Å². The van der Waals surface area contributed by atoms with Crippen molar-refractivity contribution in [2.24, 2.45) is 4.40 Å². The number of quaternary nitrogens is 1. The fourth-order valence-corrected chi connectivity index (χ4v) is 1.81. The van der Waals surface area contributed by atoms with Gasteiger partial charge >= 0.3 is 6.02 Å². The number of ether oxygens (including phenoxy) is 1. The minimum atomic E-state index is -3.48. The number of sulfonamides is 1. The van der Waals surface area contributed by atoms with Crippen molar-refractivity contribution in [2.45, 2.75) is 6.92 Å². The molecule has 1 aliphatic rings. The summed E-state index contributed by atoms with van der Waals surface area (Å²) in [7, 11) is 1.88. The van der Waals surface area contributed by atoms with E-state index in [1.807, 2.05) is 0 Å². The highest BCUT2D eigenvalue weighted by molar-refractivity contribution is 7.93. The Morgan fingerprint density at radius 3 is 2.31 bits per heavy atom. The van der Waals surface area contributed by atoms with Gasteiger partial charge in [-0.05, 0) is 6.92 Å². The second-order valence-corrected chi connectivity index (χ2v) is 5.18. The summed E-state index contributed by atoms with van der Waals surface area (Å²) in [6.07, 6.45) is 0. The molecule has 5 nitrogen and oxygen atoms in total. The van der Waals surface area contributed by atoms with Crippen LogP contribution in [0.2, 0.25) is 0 Å². The van der Waals surface area contributed by atoms with Gasteiger partial charge in [0.1, 0.15) is 5.76 Å². The van der Waals surface area contributed by atoms with Crippen LogP contribution in [0.5, 0.6) is 0 Å². The van der Waals surface area contributed by atoms with E-state index in [0.29, 0.717) is 5.76 Å². The van der Waals surface area contributed by atoms with Crippen LogP contribution in [-0.2, 0) is 14.8 Å². The van der Waals surface area contributed by atoms with Crippen molar-refractivity contribution in [1.29, 1.82) is 0 Å². The van der Waals surface area contributed by atoms with Crippen molar-refractivity contribution in [3.63, 3.8) is 0 Å². The molecule has 0 radical (unpaired) electrons. The van der Waals surface area contributed by atoms with Crippen molar-refractivity contribution in [3.8, 4) is 0 Å². The summed E-state index contributed by atoms with van der Waals surface area (Å²) in [5.74, 6) is 0.345. The lowest BCUT2D eigenvalue weighted by atomic mass is 10.6. The van der Waals surface area contributed by atoms with E-state index in [9.17, 15) is 8.42 Å². The van der Waals surface area contributed by atoms with Gasteiger partial charge in [-0.15, -0.1) is 0 Å². The average Bonchev–Trinajstić information content (AvgIpc) is 1.79. The molecule has 0 fully saturated rings. The van der Waals surface area contributed by atoms with E-state index in [4.69, 9.17) is 4.74 Å². The zero-order valence-electron chi connectivity index (χ0n) is 8.10. The van der Waals surface area contributed by atoms with Gasteiger partial charge in [-0.2, -0.15) is 8.42 Å². The highest BCUT2D eigenvalue weighted by Crippen LogP contribution is 2.14. The fraction of sp³-hybridized carbons (Fsp3) is 0.571. The number of nitrogens with zero attached hydrogens (tertiary/aromatic N) is 2. The molecule has 0 saturated carbocycles. The van der Waals surface area contributed by atoms with Crippen LogP contribution < -0.4 is 0 Å². The Hall–Kier alpha value is -0.880. The smallest absolute Gasteiger partial charge is 0.401 e. The van der Waals surface area contributed by atoms with Crippen LogP contribution in [0.25, 0.3) is 0 Å². The molecule has 0 aromatic rings. The molecule has 0 aromatic carbocycles. The minimum absolute atomic E-state index is 0.181. The minimum Gasteiger partial charge on any atom is -0.401 e. The summed E-state index contributed by atoms with van der Waals surface area (Å²) >= 11 is 0. The summed E-state index contributed by atoms with van der Waals surface area (Å²) in [6.45, 7) is 1.59. The summed E-state index contributed by atoms with van der Waals surface area (Å²) in [4.78, 5) is 0. The Balaban J connectivity index is 3.14. The molecule has 1 heterocycles. The molecule has 0 amide bonds. The first-order valence-corrected chi connectivity index (χ1v) is 5.24. The van der Waals surface area contributed by atoms with Gasteiger partial charge in [-0.25, -0.2) is 4.48 Å². The molecule has 0 bridgehead atoms. The van der Waals surface area contributed by atoms with Gasteiger partial charge in [-0.1, -0.05) is 4.40 Å². The first kappa shape index (κ1) is 10.2. The van der Waals surface area contributed by atoms with Crippen molar-refractivity contribution >= 4 is 16.0 Å². The third kappa shape index (κ3) is 2.53. The second-order valence-electron chi connectivity index (χ2n) is 3.73. The van der Waals surface area contributed by atoms with Crippen LogP contribution in [0.3, 0.4) is 0 Å². The number of rotatable bonds is 0. The van der Waals surface area contributed by atoms with Gasteiger partial charge in [0.05, 0.1) is 26.6 Å². The number of allylic oxidation sites excluding steroid dienone is 1. The Morgan fingerprint density at radius 2 is 1.92 bits per heavy atom.